The molecule has 0 radical (unpaired) electrons. The van der Waals surface area contributed by atoms with Crippen LogP contribution in [0.15, 0.2) is 69.6 Å². The molecule has 0 bridgehead atoms. The Balaban J connectivity index is 1.40. The van der Waals surface area contributed by atoms with Crippen LogP contribution >= 0.6 is 15.9 Å². The summed E-state index contributed by atoms with van der Waals surface area (Å²) in [6, 6.07) is 17.4. The van der Waals surface area contributed by atoms with Crippen LogP contribution in [0.5, 0.6) is 0 Å². The third-order valence-electron chi connectivity index (χ3n) is 5.63. The summed E-state index contributed by atoms with van der Waals surface area (Å²) in [5.74, 6) is 0.0361. The van der Waals surface area contributed by atoms with Gasteiger partial charge in [-0.2, -0.15) is 0 Å². The summed E-state index contributed by atoms with van der Waals surface area (Å²) in [5, 5.41) is 14.4. The number of halogens is 1. The maximum Gasteiger partial charge on any atom is 0.293 e. The molecule has 8 nitrogen and oxygen atoms in total. The van der Waals surface area contributed by atoms with Gasteiger partial charge in [-0.25, -0.2) is 4.98 Å². The maximum absolute atomic E-state index is 12.8. The van der Waals surface area contributed by atoms with Crippen molar-refractivity contribution in [2.45, 2.75) is 12.8 Å². The third kappa shape index (κ3) is 4.19. The summed E-state index contributed by atoms with van der Waals surface area (Å²) in [4.78, 5) is 30.5. The second-order valence-corrected chi connectivity index (χ2v) is 8.64. The molecule has 1 aromatic heterocycles. The van der Waals surface area contributed by atoms with Gasteiger partial charge in [0.2, 0.25) is 5.89 Å². The van der Waals surface area contributed by atoms with Crippen LogP contribution in [0.25, 0.3) is 22.6 Å². The van der Waals surface area contributed by atoms with E-state index < -0.39 is 10.8 Å². The lowest BCUT2D eigenvalue weighted by molar-refractivity contribution is -0.384. The first-order chi connectivity index (χ1) is 16.0. The fourth-order valence-electron chi connectivity index (χ4n) is 3.99. The molecule has 33 heavy (non-hydrogen) atoms. The van der Waals surface area contributed by atoms with Crippen molar-refractivity contribution in [1.29, 1.82) is 0 Å². The van der Waals surface area contributed by atoms with Crippen molar-refractivity contribution in [3.63, 3.8) is 0 Å². The van der Waals surface area contributed by atoms with Crippen molar-refractivity contribution in [3.05, 3.63) is 80.8 Å². The number of nitro groups is 1. The molecule has 4 aromatic rings. The molecule has 1 aliphatic rings. The van der Waals surface area contributed by atoms with Crippen molar-refractivity contribution in [1.82, 2.24) is 4.98 Å². The molecule has 9 heteroatoms. The monoisotopic (exact) mass is 506 g/mol. The van der Waals surface area contributed by atoms with E-state index in [0.29, 0.717) is 28.4 Å². The zero-order valence-corrected chi connectivity index (χ0v) is 19.0. The molecule has 3 aromatic carbocycles. The zero-order valence-electron chi connectivity index (χ0n) is 17.5. The van der Waals surface area contributed by atoms with Gasteiger partial charge < -0.3 is 14.6 Å². The topological polar surface area (TPSA) is 102 Å². The normalized spacial score (nSPS) is 13.4. The zero-order chi connectivity index (χ0) is 22.9. The molecule has 0 atom stereocenters. The van der Waals surface area contributed by atoms with E-state index in [4.69, 9.17) is 4.42 Å². The molecule has 1 amide bonds. The van der Waals surface area contributed by atoms with Gasteiger partial charge in [0.1, 0.15) is 11.2 Å². The van der Waals surface area contributed by atoms with Crippen molar-refractivity contribution >= 4 is 50.0 Å². The molecule has 5 rings (SSSR count). The molecule has 166 valence electrons. The number of carbonyl (C=O) groups is 1. The van der Waals surface area contributed by atoms with Gasteiger partial charge in [0.25, 0.3) is 11.6 Å². The average molecular weight is 507 g/mol. The Bertz CT molecular complexity index is 1380. The lowest BCUT2D eigenvalue weighted by Crippen LogP contribution is -2.19. The lowest BCUT2D eigenvalue weighted by Gasteiger charge is -2.17. The minimum atomic E-state index is -0.435. The Labute approximate surface area is 197 Å². The van der Waals surface area contributed by atoms with Crippen LogP contribution in [-0.2, 0) is 0 Å². The second kappa shape index (κ2) is 8.67. The van der Waals surface area contributed by atoms with Crippen LogP contribution in [0.4, 0.5) is 17.1 Å². The van der Waals surface area contributed by atoms with Crippen LogP contribution in [0.3, 0.4) is 0 Å². The fraction of sp³-hybridized carbons (Fsp3) is 0.167. The first-order valence-corrected chi connectivity index (χ1v) is 11.3. The van der Waals surface area contributed by atoms with Gasteiger partial charge in [-0.15, -0.1) is 0 Å². The number of fused-ring (bicyclic) bond motifs is 1. The van der Waals surface area contributed by atoms with Gasteiger partial charge in [0, 0.05) is 34.9 Å². The summed E-state index contributed by atoms with van der Waals surface area (Å²) in [6.07, 6.45) is 2.01. The molecule has 0 unspecified atom stereocenters. The minimum absolute atomic E-state index is 0.0606. The van der Waals surface area contributed by atoms with E-state index in [-0.39, 0.29) is 11.3 Å². The van der Waals surface area contributed by atoms with Crippen LogP contribution in [0.1, 0.15) is 23.2 Å². The third-order valence-corrected chi connectivity index (χ3v) is 6.32. The first kappa shape index (κ1) is 21.1. The standard InChI is InChI=1S/C24H19BrN4O4/c25-18-6-2-1-5-17(18)24-27-19-14-16(8-10-22(19)33-24)26-23(30)15-7-9-20(21(13-15)29(31)32)28-11-3-4-12-28/h1-2,5-10,13-14H,3-4,11-12H2,(H,26,30). The first-order valence-electron chi connectivity index (χ1n) is 10.5. The van der Waals surface area contributed by atoms with Crippen molar-refractivity contribution < 1.29 is 14.1 Å². The summed E-state index contributed by atoms with van der Waals surface area (Å²) < 4.78 is 6.71. The van der Waals surface area contributed by atoms with E-state index in [1.54, 1.807) is 30.3 Å². The number of anilines is 2. The molecule has 0 spiro atoms. The SMILES string of the molecule is O=C(Nc1ccc2oc(-c3ccccc3Br)nc2c1)c1ccc(N2CCCC2)c([N+](=O)[O-])c1. The van der Waals surface area contributed by atoms with Gasteiger partial charge >= 0.3 is 0 Å². The number of nitrogens with zero attached hydrogens (tertiary/aromatic N) is 3. The minimum Gasteiger partial charge on any atom is -0.436 e. The molecule has 1 aliphatic heterocycles. The molecule has 1 fully saturated rings. The lowest BCUT2D eigenvalue weighted by atomic mass is 10.1. The average Bonchev–Trinajstić information content (AvgIpc) is 3.49. The van der Waals surface area contributed by atoms with E-state index in [1.165, 1.54) is 6.07 Å². The molecule has 1 N–H and O–H groups in total. The van der Waals surface area contributed by atoms with Crippen LogP contribution < -0.4 is 10.2 Å². The van der Waals surface area contributed by atoms with E-state index in [2.05, 4.69) is 26.2 Å². The number of aromatic nitrogens is 1. The fourth-order valence-corrected chi connectivity index (χ4v) is 4.45. The summed E-state index contributed by atoms with van der Waals surface area (Å²) in [5.41, 5.74) is 3.24. The van der Waals surface area contributed by atoms with Crippen molar-refractivity contribution in [2.24, 2.45) is 0 Å². The van der Waals surface area contributed by atoms with Crippen LogP contribution in [0, 0.1) is 10.1 Å². The number of benzene rings is 3. The van der Waals surface area contributed by atoms with E-state index >= 15 is 0 Å². The van der Waals surface area contributed by atoms with Gasteiger partial charge in [-0.05, 0) is 71.2 Å². The highest BCUT2D eigenvalue weighted by atomic mass is 79.9. The number of hydrogen-bond donors (Lipinski definition) is 1. The maximum atomic E-state index is 12.8. The van der Waals surface area contributed by atoms with Crippen LogP contribution in [-0.4, -0.2) is 28.9 Å². The quantitative estimate of drug-likeness (QED) is 0.262. The summed E-state index contributed by atoms with van der Waals surface area (Å²) in [7, 11) is 0. The highest BCUT2D eigenvalue weighted by Crippen LogP contribution is 2.33. The Morgan fingerprint density at radius 1 is 1.09 bits per heavy atom. The van der Waals surface area contributed by atoms with Gasteiger partial charge in [-0.3, -0.25) is 14.9 Å². The van der Waals surface area contributed by atoms with E-state index in [0.717, 1.165) is 36.0 Å². The number of nitro benzene ring substituents is 1. The number of carbonyl (C=O) groups excluding carboxylic acids is 1. The number of nitrogens with one attached hydrogen (secondary N) is 1. The predicted octanol–water partition coefficient (Wildman–Crippen LogP) is 6.02. The Morgan fingerprint density at radius 2 is 1.88 bits per heavy atom. The van der Waals surface area contributed by atoms with Crippen molar-refractivity contribution in [3.8, 4) is 11.5 Å². The highest BCUT2D eigenvalue weighted by Gasteiger charge is 2.24. The Kier molecular flexibility index (Phi) is 5.55. The van der Waals surface area contributed by atoms with Crippen LogP contribution in [0.2, 0.25) is 0 Å². The molecule has 1 saturated heterocycles. The van der Waals surface area contributed by atoms with E-state index in [1.807, 2.05) is 29.2 Å². The number of amides is 1. The highest BCUT2D eigenvalue weighted by molar-refractivity contribution is 9.10. The van der Waals surface area contributed by atoms with Gasteiger partial charge in [0.05, 0.1) is 10.5 Å². The van der Waals surface area contributed by atoms with Gasteiger partial charge in [0.15, 0.2) is 5.58 Å². The molecular formula is C24H19BrN4O4. The van der Waals surface area contributed by atoms with E-state index in [9.17, 15) is 14.9 Å². The second-order valence-electron chi connectivity index (χ2n) is 7.79. The Hall–Kier alpha value is -3.72. The smallest absolute Gasteiger partial charge is 0.293 e. The van der Waals surface area contributed by atoms with Crippen molar-refractivity contribution in [2.75, 3.05) is 23.3 Å². The molecular weight excluding hydrogens is 488 g/mol. The number of oxazole rings is 1. The largest absolute Gasteiger partial charge is 0.436 e. The molecule has 0 aliphatic carbocycles. The summed E-state index contributed by atoms with van der Waals surface area (Å²) in [6.45, 7) is 1.57. The Morgan fingerprint density at radius 3 is 2.64 bits per heavy atom. The summed E-state index contributed by atoms with van der Waals surface area (Å²) >= 11 is 3.50. The predicted molar refractivity (Wildman–Crippen MR) is 130 cm³/mol. The number of hydrogen-bond acceptors (Lipinski definition) is 6. The molecule has 2 heterocycles. The number of rotatable bonds is 5. The molecule has 0 saturated carbocycles. The van der Waals surface area contributed by atoms with Gasteiger partial charge in [-0.1, -0.05) is 12.1 Å².